The smallest absolute Gasteiger partial charge is 0.168 e. The zero-order valence-corrected chi connectivity index (χ0v) is 9.91. The molecular formula is C9H11BrO2S. The molecule has 1 rings (SSSR count). The van der Waals surface area contributed by atoms with E-state index in [1.165, 1.54) is 25.2 Å². The monoisotopic (exact) mass is 262 g/mol. The highest BCUT2D eigenvalue weighted by atomic mass is 79.9. The van der Waals surface area contributed by atoms with Gasteiger partial charge in [-0.3, -0.25) is 4.79 Å². The predicted octanol–water partition coefficient (Wildman–Crippen LogP) is 2.39. The summed E-state index contributed by atoms with van der Waals surface area (Å²) in [7, 11) is 0. The van der Waals surface area contributed by atoms with Gasteiger partial charge >= 0.3 is 0 Å². The Balaban J connectivity index is 2.65. The van der Waals surface area contributed by atoms with Crippen molar-refractivity contribution in [1.29, 1.82) is 0 Å². The molecule has 0 aliphatic rings. The van der Waals surface area contributed by atoms with Crippen molar-refractivity contribution in [3.63, 3.8) is 0 Å². The van der Waals surface area contributed by atoms with Crippen LogP contribution in [-0.4, -0.2) is 16.5 Å². The van der Waals surface area contributed by atoms with Crippen LogP contribution >= 0.6 is 27.3 Å². The lowest BCUT2D eigenvalue weighted by Crippen LogP contribution is -2.32. The average Bonchev–Trinajstić information content (AvgIpc) is 2.33. The lowest BCUT2D eigenvalue weighted by atomic mass is 10.0. The van der Waals surface area contributed by atoms with Crippen molar-refractivity contribution < 1.29 is 9.90 Å². The zero-order chi connectivity index (χ0) is 10.1. The molecule has 0 unspecified atom stereocenters. The SMILES string of the molecule is CC(C)(O)C(=O)Cc1ccc(Br)s1. The van der Waals surface area contributed by atoms with E-state index in [-0.39, 0.29) is 5.78 Å². The van der Waals surface area contributed by atoms with E-state index in [1.807, 2.05) is 12.1 Å². The van der Waals surface area contributed by atoms with Gasteiger partial charge < -0.3 is 5.11 Å². The predicted molar refractivity (Wildman–Crippen MR) is 57.0 cm³/mol. The van der Waals surface area contributed by atoms with Crippen LogP contribution in [-0.2, 0) is 11.2 Å². The van der Waals surface area contributed by atoms with Crippen LogP contribution in [0.4, 0.5) is 0 Å². The molecule has 4 heteroatoms. The van der Waals surface area contributed by atoms with Crippen LogP contribution in [0.25, 0.3) is 0 Å². The zero-order valence-electron chi connectivity index (χ0n) is 7.50. The third-order valence-corrected chi connectivity index (χ3v) is 3.27. The molecule has 0 radical (unpaired) electrons. The van der Waals surface area contributed by atoms with Crippen molar-refractivity contribution in [3.05, 3.63) is 20.8 Å². The molecule has 0 atom stereocenters. The Bertz CT molecular complexity index is 312. The molecule has 1 N–H and O–H groups in total. The fourth-order valence-electron chi connectivity index (χ4n) is 0.821. The minimum absolute atomic E-state index is 0.151. The molecule has 0 saturated carbocycles. The molecule has 0 aliphatic carbocycles. The lowest BCUT2D eigenvalue weighted by molar-refractivity contribution is -0.133. The summed E-state index contributed by atoms with van der Waals surface area (Å²) >= 11 is 4.83. The molecule has 1 aromatic rings. The molecule has 1 aromatic heterocycles. The van der Waals surface area contributed by atoms with E-state index in [1.54, 1.807) is 0 Å². The number of halogens is 1. The Hall–Kier alpha value is -0.190. The molecular weight excluding hydrogens is 252 g/mol. The van der Waals surface area contributed by atoms with E-state index in [0.29, 0.717) is 6.42 Å². The molecule has 0 saturated heterocycles. The fraction of sp³-hybridized carbons (Fsp3) is 0.444. The van der Waals surface area contributed by atoms with Gasteiger partial charge in [0.25, 0.3) is 0 Å². The standard InChI is InChI=1S/C9H11BrO2S/c1-9(2,12)7(11)5-6-3-4-8(10)13-6/h3-4,12H,5H2,1-2H3. The first-order valence-corrected chi connectivity index (χ1v) is 5.50. The number of aliphatic hydroxyl groups is 1. The molecule has 0 aromatic carbocycles. The molecule has 0 aliphatic heterocycles. The third kappa shape index (κ3) is 3.21. The topological polar surface area (TPSA) is 37.3 Å². The third-order valence-electron chi connectivity index (χ3n) is 1.65. The van der Waals surface area contributed by atoms with Gasteiger partial charge in [0.15, 0.2) is 5.78 Å². The molecule has 0 bridgehead atoms. The van der Waals surface area contributed by atoms with Gasteiger partial charge in [0, 0.05) is 11.3 Å². The van der Waals surface area contributed by atoms with E-state index in [4.69, 9.17) is 0 Å². The van der Waals surface area contributed by atoms with Crippen LogP contribution in [0.1, 0.15) is 18.7 Å². The summed E-state index contributed by atoms with van der Waals surface area (Å²) in [6, 6.07) is 3.79. The number of hydrogen-bond donors (Lipinski definition) is 1. The summed E-state index contributed by atoms with van der Waals surface area (Å²) in [5.41, 5.74) is -1.23. The van der Waals surface area contributed by atoms with E-state index in [9.17, 15) is 9.90 Å². The van der Waals surface area contributed by atoms with Gasteiger partial charge in [-0.1, -0.05) is 0 Å². The highest BCUT2D eigenvalue weighted by molar-refractivity contribution is 9.11. The summed E-state index contributed by atoms with van der Waals surface area (Å²) < 4.78 is 1.01. The maximum atomic E-state index is 11.4. The normalized spacial score (nSPS) is 11.7. The molecule has 0 amide bonds. The largest absolute Gasteiger partial charge is 0.383 e. The van der Waals surface area contributed by atoms with Crippen molar-refractivity contribution in [2.45, 2.75) is 25.9 Å². The second-order valence-electron chi connectivity index (χ2n) is 3.36. The van der Waals surface area contributed by atoms with Crippen LogP contribution in [0, 0.1) is 0 Å². The Morgan fingerprint density at radius 2 is 2.23 bits per heavy atom. The van der Waals surface area contributed by atoms with Crippen molar-refractivity contribution in [2.24, 2.45) is 0 Å². The van der Waals surface area contributed by atoms with E-state index in [0.717, 1.165) is 8.66 Å². The Labute approximate surface area is 89.7 Å². The van der Waals surface area contributed by atoms with Gasteiger partial charge in [-0.2, -0.15) is 0 Å². The van der Waals surface area contributed by atoms with Crippen molar-refractivity contribution in [1.82, 2.24) is 0 Å². The summed E-state index contributed by atoms with van der Waals surface area (Å²) in [5.74, 6) is -0.151. The maximum absolute atomic E-state index is 11.4. The number of ketones is 1. The molecule has 2 nitrogen and oxygen atoms in total. The Morgan fingerprint density at radius 3 is 2.62 bits per heavy atom. The minimum Gasteiger partial charge on any atom is -0.383 e. The van der Waals surface area contributed by atoms with Crippen LogP contribution in [0.3, 0.4) is 0 Å². The number of Topliss-reactive ketones (excluding diaryl/α,β-unsaturated/α-hetero) is 1. The summed E-state index contributed by atoms with van der Waals surface area (Å²) in [6.45, 7) is 3.02. The number of hydrogen-bond acceptors (Lipinski definition) is 3. The van der Waals surface area contributed by atoms with Crippen molar-refractivity contribution >= 4 is 33.0 Å². The van der Waals surface area contributed by atoms with E-state index >= 15 is 0 Å². The highest BCUT2D eigenvalue weighted by Crippen LogP contribution is 2.23. The minimum atomic E-state index is -1.23. The van der Waals surface area contributed by atoms with Crippen molar-refractivity contribution in [2.75, 3.05) is 0 Å². The molecule has 0 fully saturated rings. The van der Waals surface area contributed by atoms with Crippen LogP contribution < -0.4 is 0 Å². The average molecular weight is 263 g/mol. The molecule has 0 spiro atoms. The van der Waals surface area contributed by atoms with Crippen LogP contribution in [0.15, 0.2) is 15.9 Å². The van der Waals surface area contributed by atoms with Gasteiger partial charge in [-0.15, -0.1) is 11.3 Å². The summed E-state index contributed by atoms with van der Waals surface area (Å²) in [5, 5.41) is 9.40. The maximum Gasteiger partial charge on any atom is 0.168 e. The highest BCUT2D eigenvalue weighted by Gasteiger charge is 2.23. The Kier molecular flexibility index (Phi) is 3.27. The fourth-order valence-corrected chi connectivity index (χ4v) is 2.30. The molecule has 13 heavy (non-hydrogen) atoms. The lowest BCUT2D eigenvalue weighted by Gasteiger charge is -2.14. The van der Waals surface area contributed by atoms with Gasteiger partial charge in [0.2, 0.25) is 0 Å². The number of rotatable bonds is 3. The summed E-state index contributed by atoms with van der Waals surface area (Å²) in [4.78, 5) is 12.4. The number of thiophene rings is 1. The molecule has 72 valence electrons. The van der Waals surface area contributed by atoms with Crippen LogP contribution in [0.5, 0.6) is 0 Å². The second-order valence-corrected chi connectivity index (χ2v) is 5.91. The van der Waals surface area contributed by atoms with Crippen LogP contribution in [0.2, 0.25) is 0 Å². The van der Waals surface area contributed by atoms with E-state index in [2.05, 4.69) is 15.9 Å². The summed E-state index contributed by atoms with van der Waals surface area (Å²) in [6.07, 6.45) is 0.305. The van der Waals surface area contributed by atoms with Gasteiger partial charge in [0.05, 0.1) is 3.79 Å². The van der Waals surface area contributed by atoms with Gasteiger partial charge in [-0.25, -0.2) is 0 Å². The first-order valence-electron chi connectivity index (χ1n) is 3.89. The second kappa shape index (κ2) is 3.90. The van der Waals surface area contributed by atoms with Gasteiger partial charge in [-0.05, 0) is 41.9 Å². The van der Waals surface area contributed by atoms with Gasteiger partial charge in [0.1, 0.15) is 5.60 Å². The number of carbonyl (C=O) groups excluding carboxylic acids is 1. The van der Waals surface area contributed by atoms with E-state index < -0.39 is 5.60 Å². The first kappa shape index (κ1) is 10.9. The van der Waals surface area contributed by atoms with Crippen molar-refractivity contribution in [3.8, 4) is 0 Å². The Morgan fingerprint density at radius 1 is 1.62 bits per heavy atom. The molecule has 1 heterocycles. The quantitative estimate of drug-likeness (QED) is 0.909. The number of carbonyl (C=O) groups is 1. The first-order chi connectivity index (χ1) is 5.89.